The number of rotatable bonds is 8. The molecule has 5 rings (SSSR count). The summed E-state index contributed by atoms with van der Waals surface area (Å²) in [6.07, 6.45) is 7.02. The lowest BCUT2D eigenvalue weighted by atomic mass is 9.97. The van der Waals surface area contributed by atoms with Crippen LogP contribution in [0.5, 0.6) is 0 Å². The minimum Gasteiger partial charge on any atom is -0.376 e. The third kappa shape index (κ3) is 5.05. The maximum atomic E-state index is 13.2. The zero-order valence-corrected chi connectivity index (χ0v) is 21.5. The lowest BCUT2D eigenvalue weighted by Gasteiger charge is -2.38. The van der Waals surface area contributed by atoms with E-state index >= 15 is 0 Å². The number of hydrogen-bond donors (Lipinski definition) is 1. The van der Waals surface area contributed by atoms with Crippen LogP contribution in [0.2, 0.25) is 0 Å². The van der Waals surface area contributed by atoms with Gasteiger partial charge >= 0.3 is 0 Å². The van der Waals surface area contributed by atoms with Crippen molar-refractivity contribution < 1.29 is 4.74 Å². The molecule has 2 aromatic heterocycles. The molecule has 188 valence electrons. The molecule has 2 aliphatic rings. The van der Waals surface area contributed by atoms with Crippen molar-refractivity contribution in [3.63, 3.8) is 0 Å². The highest BCUT2D eigenvalue weighted by Gasteiger charge is 2.36. The van der Waals surface area contributed by atoms with Gasteiger partial charge in [-0.05, 0) is 90.6 Å². The molecule has 35 heavy (non-hydrogen) atoms. The summed E-state index contributed by atoms with van der Waals surface area (Å²) >= 11 is 0. The number of tetrazole rings is 1. The maximum absolute atomic E-state index is 13.2. The van der Waals surface area contributed by atoms with Crippen LogP contribution in [0, 0.1) is 19.8 Å². The largest absolute Gasteiger partial charge is 0.376 e. The van der Waals surface area contributed by atoms with E-state index in [-0.39, 0.29) is 23.6 Å². The minimum atomic E-state index is -0.00907. The molecule has 0 spiro atoms. The van der Waals surface area contributed by atoms with Crippen LogP contribution in [0.25, 0.3) is 10.9 Å². The van der Waals surface area contributed by atoms with Crippen molar-refractivity contribution in [2.24, 2.45) is 5.92 Å². The summed E-state index contributed by atoms with van der Waals surface area (Å²) in [7, 11) is 0. The van der Waals surface area contributed by atoms with Gasteiger partial charge in [-0.2, -0.15) is 0 Å². The Bertz CT molecular complexity index is 1220. The number of aromatic amines is 1. The van der Waals surface area contributed by atoms with Gasteiger partial charge in [-0.1, -0.05) is 26.7 Å². The van der Waals surface area contributed by atoms with Crippen LogP contribution >= 0.6 is 0 Å². The van der Waals surface area contributed by atoms with Crippen molar-refractivity contribution in [2.75, 3.05) is 6.61 Å². The molecular formula is C27H38N6O2. The molecule has 3 heterocycles. The number of nitrogens with one attached hydrogen (secondary N) is 1. The predicted molar refractivity (Wildman–Crippen MR) is 136 cm³/mol. The summed E-state index contributed by atoms with van der Waals surface area (Å²) < 4.78 is 7.82. The van der Waals surface area contributed by atoms with E-state index in [1.165, 1.54) is 24.0 Å². The Morgan fingerprint density at radius 2 is 1.89 bits per heavy atom. The van der Waals surface area contributed by atoms with Gasteiger partial charge in [0, 0.05) is 30.3 Å². The second kappa shape index (κ2) is 10.2. The first kappa shape index (κ1) is 24.1. The number of aromatic nitrogens is 5. The van der Waals surface area contributed by atoms with Crippen molar-refractivity contribution in [1.29, 1.82) is 0 Å². The first-order chi connectivity index (χ1) is 16.9. The van der Waals surface area contributed by atoms with Crippen LogP contribution in [0.1, 0.15) is 80.9 Å². The Labute approximate surface area is 207 Å². The highest BCUT2D eigenvalue weighted by atomic mass is 16.5. The van der Waals surface area contributed by atoms with Gasteiger partial charge in [0.2, 0.25) is 0 Å². The summed E-state index contributed by atoms with van der Waals surface area (Å²) in [5, 5.41) is 14.0. The average Bonchev–Trinajstić information content (AvgIpc) is 3.59. The molecule has 1 aliphatic carbocycles. The van der Waals surface area contributed by atoms with Crippen molar-refractivity contribution in [2.45, 2.75) is 97.5 Å². The summed E-state index contributed by atoms with van der Waals surface area (Å²) in [5.41, 5.74) is 4.11. The highest BCUT2D eigenvalue weighted by molar-refractivity contribution is 5.80. The van der Waals surface area contributed by atoms with Crippen LogP contribution in [-0.2, 0) is 17.8 Å². The fraction of sp³-hybridized carbons (Fsp3) is 0.630. The van der Waals surface area contributed by atoms with Gasteiger partial charge in [0.05, 0.1) is 18.7 Å². The van der Waals surface area contributed by atoms with Gasteiger partial charge in [-0.15, -0.1) is 5.10 Å². The Balaban J connectivity index is 1.51. The molecule has 0 radical (unpaired) electrons. The first-order valence-corrected chi connectivity index (χ1v) is 13.2. The van der Waals surface area contributed by atoms with Crippen LogP contribution in [0.15, 0.2) is 23.0 Å². The third-order valence-electron chi connectivity index (χ3n) is 7.90. The molecule has 2 unspecified atom stereocenters. The monoisotopic (exact) mass is 478 g/mol. The van der Waals surface area contributed by atoms with Crippen LogP contribution in [-0.4, -0.2) is 48.8 Å². The molecule has 1 N–H and O–H groups in total. The maximum Gasteiger partial charge on any atom is 0.252 e. The average molecular weight is 479 g/mol. The standard InChI is InChI=1S/C27H38N6O2/c1-17(2)25(26-29-30-31-33(26)16-23-10-7-11-35-23)32(22-8-5-6-9-22)15-21-14-20-12-18(3)19(4)13-24(20)28-27(21)34/h12-14,17,22-23,25H,5-11,15-16H2,1-4H3,(H,28,34). The van der Waals surface area contributed by atoms with E-state index in [9.17, 15) is 4.79 Å². The van der Waals surface area contributed by atoms with Gasteiger partial charge in [0.25, 0.3) is 5.56 Å². The fourth-order valence-electron chi connectivity index (χ4n) is 5.89. The Morgan fingerprint density at radius 1 is 1.11 bits per heavy atom. The lowest BCUT2D eigenvalue weighted by Crippen LogP contribution is -2.41. The third-order valence-corrected chi connectivity index (χ3v) is 7.90. The van der Waals surface area contributed by atoms with Crippen LogP contribution in [0.4, 0.5) is 0 Å². The summed E-state index contributed by atoms with van der Waals surface area (Å²) in [4.78, 5) is 18.9. The number of benzene rings is 1. The molecule has 3 aromatic rings. The summed E-state index contributed by atoms with van der Waals surface area (Å²) in [6, 6.07) is 6.75. The second-order valence-corrected chi connectivity index (χ2v) is 10.8. The van der Waals surface area contributed by atoms with Crippen molar-refractivity contribution >= 4 is 10.9 Å². The molecule has 1 aliphatic heterocycles. The van der Waals surface area contributed by atoms with E-state index in [4.69, 9.17) is 4.74 Å². The van der Waals surface area contributed by atoms with Gasteiger partial charge in [0.15, 0.2) is 5.82 Å². The molecule has 2 fully saturated rings. The predicted octanol–water partition coefficient (Wildman–Crippen LogP) is 4.45. The molecule has 0 bridgehead atoms. The molecule has 1 aromatic carbocycles. The molecule has 2 atom stereocenters. The molecule has 0 amide bonds. The topological polar surface area (TPSA) is 88.9 Å². The van der Waals surface area contributed by atoms with E-state index in [1.807, 2.05) is 4.68 Å². The number of pyridine rings is 1. The quantitative estimate of drug-likeness (QED) is 0.514. The van der Waals surface area contributed by atoms with Crippen LogP contribution in [0.3, 0.4) is 0 Å². The number of aryl methyl sites for hydroxylation is 2. The van der Waals surface area contributed by atoms with E-state index in [2.05, 4.69) is 71.3 Å². The summed E-state index contributed by atoms with van der Waals surface area (Å²) in [5.74, 6) is 1.17. The molecule has 8 heteroatoms. The summed E-state index contributed by atoms with van der Waals surface area (Å²) in [6.45, 7) is 10.7. The fourth-order valence-corrected chi connectivity index (χ4v) is 5.89. The molecule has 8 nitrogen and oxygen atoms in total. The van der Waals surface area contributed by atoms with Gasteiger partial charge < -0.3 is 9.72 Å². The number of H-pyrrole nitrogens is 1. The van der Waals surface area contributed by atoms with Gasteiger partial charge in [-0.25, -0.2) is 4.68 Å². The zero-order valence-electron chi connectivity index (χ0n) is 21.5. The van der Waals surface area contributed by atoms with E-state index < -0.39 is 0 Å². The minimum absolute atomic E-state index is 0.00907. The number of hydrogen-bond acceptors (Lipinski definition) is 6. The zero-order chi connectivity index (χ0) is 24.5. The van der Waals surface area contributed by atoms with E-state index in [0.29, 0.717) is 19.1 Å². The lowest BCUT2D eigenvalue weighted by molar-refractivity contribution is 0.0718. The smallest absolute Gasteiger partial charge is 0.252 e. The van der Waals surface area contributed by atoms with Gasteiger partial charge in [0.1, 0.15) is 0 Å². The Hall–Kier alpha value is -2.58. The van der Waals surface area contributed by atoms with E-state index in [0.717, 1.165) is 54.6 Å². The SMILES string of the molecule is Cc1cc2cc(CN(C3CCCC3)C(c3nnnn3CC3CCCO3)C(C)C)c(=O)[nH]c2cc1C. The number of fused-ring (bicyclic) bond motifs is 1. The second-order valence-electron chi connectivity index (χ2n) is 10.8. The van der Waals surface area contributed by atoms with Crippen molar-refractivity contribution in [3.05, 3.63) is 51.1 Å². The molecule has 1 saturated heterocycles. The first-order valence-electron chi connectivity index (χ1n) is 13.2. The molecule has 1 saturated carbocycles. The number of nitrogens with zero attached hydrogens (tertiary/aromatic N) is 5. The normalized spacial score (nSPS) is 20.0. The Kier molecular flexibility index (Phi) is 7.02. The highest BCUT2D eigenvalue weighted by Crippen LogP contribution is 2.36. The number of ether oxygens (including phenoxy) is 1. The van der Waals surface area contributed by atoms with Crippen molar-refractivity contribution in [3.8, 4) is 0 Å². The molecular weight excluding hydrogens is 440 g/mol. The van der Waals surface area contributed by atoms with Crippen LogP contribution < -0.4 is 5.56 Å². The van der Waals surface area contributed by atoms with E-state index in [1.54, 1.807) is 0 Å². The van der Waals surface area contributed by atoms with Crippen molar-refractivity contribution in [1.82, 2.24) is 30.1 Å². The van der Waals surface area contributed by atoms with Gasteiger partial charge in [-0.3, -0.25) is 9.69 Å². The Morgan fingerprint density at radius 3 is 2.60 bits per heavy atom.